The minimum Gasteiger partial charge on any atom is -0.326 e. The molecule has 0 fully saturated rings. The molecule has 1 aromatic rings. The molecule has 1 rings (SSSR count). The lowest BCUT2D eigenvalue weighted by molar-refractivity contribution is 0.267. The van der Waals surface area contributed by atoms with E-state index in [1.165, 1.54) is 5.56 Å². The van der Waals surface area contributed by atoms with E-state index >= 15 is 0 Å². The zero-order valence-electron chi connectivity index (χ0n) is 10.7. The van der Waals surface area contributed by atoms with Crippen molar-refractivity contribution in [2.75, 3.05) is 13.6 Å². The Morgan fingerprint density at radius 3 is 2.44 bits per heavy atom. The van der Waals surface area contributed by atoms with Crippen molar-refractivity contribution in [1.29, 1.82) is 0 Å². The number of rotatable bonds is 6. The molecule has 0 aliphatic carbocycles. The molecule has 0 unspecified atom stereocenters. The van der Waals surface area contributed by atoms with Crippen molar-refractivity contribution < 1.29 is 0 Å². The van der Waals surface area contributed by atoms with Crippen molar-refractivity contribution in [3.05, 3.63) is 35.9 Å². The van der Waals surface area contributed by atoms with Crippen molar-refractivity contribution in [3.63, 3.8) is 0 Å². The first-order valence-corrected chi connectivity index (χ1v) is 6.11. The molecule has 0 aliphatic heterocycles. The second kappa shape index (κ2) is 6.66. The van der Waals surface area contributed by atoms with E-state index in [9.17, 15) is 0 Å². The van der Waals surface area contributed by atoms with Gasteiger partial charge in [-0.2, -0.15) is 0 Å². The van der Waals surface area contributed by atoms with Crippen LogP contribution in [0.1, 0.15) is 25.8 Å². The third-order valence-electron chi connectivity index (χ3n) is 3.19. The molecule has 0 aromatic heterocycles. The zero-order chi connectivity index (χ0) is 12.0. The molecule has 2 nitrogen and oxygen atoms in total. The SMILES string of the molecule is CC[C@H](C)[C@H](N)CN(C)Cc1ccccc1. The van der Waals surface area contributed by atoms with Gasteiger partial charge in [-0.25, -0.2) is 0 Å². The molecule has 0 saturated carbocycles. The van der Waals surface area contributed by atoms with Crippen LogP contribution in [0.4, 0.5) is 0 Å². The van der Waals surface area contributed by atoms with Gasteiger partial charge in [-0.05, 0) is 18.5 Å². The number of likely N-dealkylation sites (N-methyl/N-ethyl adjacent to an activating group) is 1. The quantitative estimate of drug-likeness (QED) is 0.798. The molecule has 0 amide bonds. The molecule has 1 aromatic carbocycles. The second-order valence-electron chi connectivity index (χ2n) is 4.73. The van der Waals surface area contributed by atoms with Gasteiger partial charge in [-0.15, -0.1) is 0 Å². The van der Waals surface area contributed by atoms with Crippen LogP contribution in [0.5, 0.6) is 0 Å². The molecule has 0 saturated heterocycles. The molecule has 0 aliphatic rings. The molecule has 2 heteroatoms. The summed E-state index contributed by atoms with van der Waals surface area (Å²) in [6, 6.07) is 10.8. The minimum absolute atomic E-state index is 0.277. The van der Waals surface area contributed by atoms with Crippen LogP contribution in [0.25, 0.3) is 0 Å². The Balaban J connectivity index is 2.39. The average molecular weight is 220 g/mol. The van der Waals surface area contributed by atoms with Gasteiger partial charge in [0.15, 0.2) is 0 Å². The lowest BCUT2D eigenvalue weighted by atomic mass is 10.00. The van der Waals surface area contributed by atoms with Gasteiger partial charge >= 0.3 is 0 Å². The van der Waals surface area contributed by atoms with Crippen LogP contribution >= 0.6 is 0 Å². The molecule has 0 bridgehead atoms. The number of nitrogens with two attached hydrogens (primary N) is 1. The van der Waals surface area contributed by atoms with Gasteiger partial charge in [-0.3, -0.25) is 0 Å². The maximum atomic E-state index is 6.14. The molecule has 0 spiro atoms. The number of hydrogen-bond donors (Lipinski definition) is 1. The molecular formula is C14H24N2. The number of benzene rings is 1. The Bertz CT molecular complexity index is 284. The fraction of sp³-hybridized carbons (Fsp3) is 0.571. The summed E-state index contributed by atoms with van der Waals surface area (Å²) in [5.74, 6) is 0.596. The zero-order valence-corrected chi connectivity index (χ0v) is 10.7. The van der Waals surface area contributed by atoms with Crippen LogP contribution in [-0.4, -0.2) is 24.5 Å². The Labute approximate surface area is 99.5 Å². The molecule has 0 radical (unpaired) electrons. The van der Waals surface area contributed by atoms with Crippen molar-refractivity contribution in [2.24, 2.45) is 11.7 Å². The van der Waals surface area contributed by atoms with Gasteiger partial charge in [0.05, 0.1) is 0 Å². The Morgan fingerprint density at radius 2 is 1.88 bits per heavy atom. The van der Waals surface area contributed by atoms with E-state index < -0.39 is 0 Å². The summed E-state index contributed by atoms with van der Waals surface area (Å²) in [6.45, 7) is 6.36. The lowest BCUT2D eigenvalue weighted by Gasteiger charge is -2.25. The van der Waals surface area contributed by atoms with Gasteiger partial charge in [0.25, 0.3) is 0 Å². The van der Waals surface area contributed by atoms with Crippen LogP contribution < -0.4 is 5.73 Å². The predicted molar refractivity (Wildman–Crippen MR) is 70.2 cm³/mol. The minimum atomic E-state index is 0.277. The van der Waals surface area contributed by atoms with Crippen LogP contribution in [0.3, 0.4) is 0 Å². The van der Waals surface area contributed by atoms with Crippen molar-refractivity contribution >= 4 is 0 Å². The first kappa shape index (κ1) is 13.2. The Hall–Kier alpha value is -0.860. The summed E-state index contributed by atoms with van der Waals surface area (Å²) in [6.07, 6.45) is 1.15. The van der Waals surface area contributed by atoms with E-state index in [4.69, 9.17) is 5.73 Å². The van der Waals surface area contributed by atoms with E-state index in [2.05, 4.69) is 50.1 Å². The van der Waals surface area contributed by atoms with Crippen LogP contribution in [0.2, 0.25) is 0 Å². The van der Waals surface area contributed by atoms with Crippen LogP contribution in [-0.2, 0) is 6.54 Å². The largest absolute Gasteiger partial charge is 0.326 e. The third-order valence-corrected chi connectivity index (χ3v) is 3.19. The summed E-state index contributed by atoms with van der Waals surface area (Å²) in [7, 11) is 2.13. The predicted octanol–water partition coefficient (Wildman–Crippen LogP) is 2.49. The summed E-state index contributed by atoms with van der Waals surface area (Å²) in [5, 5.41) is 0. The Morgan fingerprint density at radius 1 is 1.25 bits per heavy atom. The normalized spacial score (nSPS) is 15.1. The van der Waals surface area contributed by atoms with Crippen LogP contribution in [0.15, 0.2) is 30.3 Å². The van der Waals surface area contributed by atoms with Crippen molar-refractivity contribution in [3.8, 4) is 0 Å². The van der Waals surface area contributed by atoms with Gasteiger partial charge in [0.1, 0.15) is 0 Å². The average Bonchev–Trinajstić information content (AvgIpc) is 2.29. The molecule has 2 atom stereocenters. The molecule has 90 valence electrons. The number of hydrogen-bond acceptors (Lipinski definition) is 2. The molecule has 16 heavy (non-hydrogen) atoms. The highest BCUT2D eigenvalue weighted by atomic mass is 15.1. The fourth-order valence-electron chi connectivity index (χ4n) is 1.80. The van der Waals surface area contributed by atoms with E-state index in [1.54, 1.807) is 0 Å². The Kier molecular flexibility index (Phi) is 5.50. The van der Waals surface area contributed by atoms with Gasteiger partial charge in [0.2, 0.25) is 0 Å². The van der Waals surface area contributed by atoms with Crippen molar-refractivity contribution in [2.45, 2.75) is 32.9 Å². The maximum absolute atomic E-state index is 6.14. The highest BCUT2D eigenvalue weighted by Gasteiger charge is 2.12. The van der Waals surface area contributed by atoms with E-state index in [1.807, 2.05) is 6.07 Å². The van der Waals surface area contributed by atoms with Crippen LogP contribution in [0, 0.1) is 5.92 Å². The first-order valence-electron chi connectivity index (χ1n) is 6.11. The lowest BCUT2D eigenvalue weighted by Crippen LogP contribution is -2.39. The van der Waals surface area contributed by atoms with E-state index in [0.717, 1.165) is 19.5 Å². The summed E-state index contributed by atoms with van der Waals surface area (Å²) in [5.41, 5.74) is 7.49. The van der Waals surface area contributed by atoms with Gasteiger partial charge in [0, 0.05) is 19.1 Å². The molecule has 2 N–H and O–H groups in total. The standard InChI is InChI=1S/C14H24N2/c1-4-12(2)14(15)11-16(3)10-13-8-6-5-7-9-13/h5-9,12,14H,4,10-11,15H2,1-3H3/t12-,14+/m0/s1. The summed E-state index contributed by atoms with van der Waals surface area (Å²) < 4.78 is 0. The molecule has 0 heterocycles. The smallest absolute Gasteiger partial charge is 0.0231 e. The first-order chi connectivity index (χ1) is 7.63. The van der Waals surface area contributed by atoms with E-state index in [-0.39, 0.29) is 6.04 Å². The van der Waals surface area contributed by atoms with Gasteiger partial charge < -0.3 is 10.6 Å². The van der Waals surface area contributed by atoms with Crippen molar-refractivity contribution in [1.82, 2.24) is 4.90 Å². The third kappa shape index (κ3) is 4.33. The fourth-order valence-corrected chi connectivity index (χ4v) is 1.80. The topological polar surface area (TPSA) is 29.3 Å². The highest BCUT2D eigenvalue weighted by molar-refractivity contribution is 5.14. The summed E-state index contributed by atoms with van der Waals surface area (Å²) >= 11 is 0. The number of nitrogens with zero attached hydrogens (tertiary/aromatic N) is 1. The van der Waals surface area contributed by atoms with Gasteiger partial charge in [-0.1, -0.05) is 50.6 Å². The molecular weight excluding hydrogens is 196 g/mol. The summed E-state index contributed by atoms with van der Waals surface area (Å²) in [4.78, 5) is 2.30. The highest BCUT2D eigenvalue weighted by Crippen LogP contribution is 2.08. The second-order valence-corrected chi connectivity index (χ2v) is 4.73. The maximum Gasteiger partial charge on any atom is 0.0231 e. The monoisotopic (exact) mass is 220 g/mol. The van der Waals surface area contributed by atoms with E-state index in [0.29, 0.717) is 5.92 Å².